The van der Waals surface area contributed by atoms with Crippen molar-refractivity contribution < 1.29 is 0 Å². The van der Waals surface area contributed by atoms with Crippen molar-refractivity contribution in [2.24, 2.45) is 0 Å². The van der Waals surface area contributed by atoms with E-state index in [2.05, 4.69) is 47.6 Å². The third kappa shape index (κ3) is 4.43. The smallest absolute Gasteiger partial charge is 0.0104 e. The summed E-state index contributed by atoms with van der Waals surface area (Å²) in [6, 6.07) is 11.5. The lowest BCUT2D eigenvalue weighted by Gasteiger charge is -2.32. The predicted molar refractivity (Wildman–Crippen MR) is 77.9 cm³/mol. The molecule has 2 heteroatoms. The number of hydrogen-bond donors (Lipinski definition) is 1. The van der Waals surface area contributed by atoms with E-state index in [1.807, 2.05) is 0 Å². The molecule has 0 aliphatic carbocycles. The normalized spacial score (nSPS) is 21.1. The molecule has 1 fully saturated rings. The Morgan fingerprint density at radius 2 is 2.00 bits per heavy atom. The number of benzene rings is 1. The van der Waals surface area contributed by atoms with E-state index in [1.165, 1.54) is 37.8 Å². The van der Waals surface area contributed by atoms with Crippen molar-refractivity contribution in [3.05, 3.63) is 35.9 Å². The summed E-state index contributed by atoms with van der Waals surface area (Å²) in [5.74, 6) is 0. The van der Waals surface area contributed by atoms with Gasteiger partial charge in [0.05, 0.1) is 0 Å². The Hall–Kier alpha value is -0.860. The molecule has 1 aromatic rings. The Balaban J connectivity index is 1.56. The summed E-state index contributed by atoms with van der Waals surface area (Å²) >= 11 is 0. The highest BCUT2D eigenvalue weighted by atomic mass is 15.1. The molecule has 0 radical (unpaired) electrons. The van der Waals surface area contributed by atoms with Crippen LogP contribution in [0.2, 0.25) is 0 Å². The molecule has 0 amide bonds. The average Bonchev–Trinajstić information content (AvgIpc) is 2.42. The zero-order chi connectivity index (χ0) is 12.6. The van der Waals surface area contributed by atoms with Gasteiger partial charge >= 0.3 is 0 Å². The third-order valence-electron chi connectivity index (χ3n) is 4.01. The Kier molecular flexibility index (Phi) is 5.69. The molecule has 2 rings (SSSR count). The highest BCUT2D eigenvalue weighted by Gasteiger charge is 2.17. The van der Waals surface area contributed by atoms with Gasteiger partial charge in [-0.1, -0.05) is 36.8 Å². The van der Waals surface area contributed by atoms with Gasteiger partial charge in [-0.3, -0.25) is 0 Å². The van der Waals surface area contributed by atoms with E-state index in [0.717, 1.165) is 25.6 Å². The molecule has 1 atom stereocenters. The van der Waals surface area contributed by atoms with Gasteiger partial charge in [-0.05, 0) is 57.9 Å². The first kappa shape index (κ1) is 13.6. The molecule has 18 heavy (non-hydrogen) atoms. The highest BCUT2D eigenvalue weighted by molar-refractivity contribution is 5.14. The molecule has 1 aromatic carbocycles. The number of rotatable bonds is 6. The van der Waals surface area contributed by atoms with Crippen LogP contribution in [-0.4, -0.2) is 37.6 Å². The summed E-state index contributed by atoms with van der Waals surface area (Å²) in [4.78, 5) is 2.53. The summed E-state index contributed by atoms with van der Waals surface area (Å²) < 4.78 is 0. The summed E-state index contributed by atoms with van der Waals surface area (Å²) in [6.07, 6.45) is 6.62. The Bertz CT molecular complexity index is 323. The monoisotopic (exact) mass is 246 g/mol. The summed E-state index contributed by atoms with van der Waals surface area (Å²) in [5.41, 5.74) is 1.43. The molecule has 1 aliphatic rings. The first-order valence-corrected chi connectivity index (χ1v) is 7.31. The van der Waals surface area contributed by atoms with Gasteiger partial charge in [0, 0.05) is 6.04 Å². The topological polar surface area (TPSA) is 15.3 Å². The third-order valence-corrected chi connectivity index (χ3v) is 4.01. The predicted octanol–water partition coefficient (Wildman–Crippen LogP) is 2.69. The van der Waals surface area contributed by atoms with Crippen LogP contribution in [0.3, 0.4) is 0 Å². The second-order valence-electron chi connectivity index (χ2n) is 5.40. The molecule has 0 spiro atoms. The molecular formula is C16H26N2. The maximum absolute atomic E-state index is 3.58. The quantitative estimate of drug-likeness (QED) is 0.776. The zero-order valence-electron chi connectivity index (χ0n) is 11.6. The van der Waals surface area contributed by atoms with Gasteiger partial charge in [0.1, 0.15) is 0 Å². The molecule has 100 valence electrons. The van der Waals surface area contributed by atoms with Crippen LogP contribution < -0.4 is 5.32 Å². The molecule has 1 heterocycles. The number of nitrogens with zero attached hydrogens (tertiary/aromatic N) is 1. The van der Waals surface area contributed by atoms with Gasteiger partial charge in [-0.2, -0.15) is 0 Å². The minimum Gasteiger partial charge on any atom is -0.316 e. The summed E-state index contributed by atoms with van der Waals surface area (Å²) in [7, 11) is 2.27. The van der Waals surface area contributed by atoms with E-state index in [1.54, 1.807) is 0 Å². The summed E-state index contributed by atoms with van der Waals surface area (Å²) in [6.45, 7) is 3.54. The van der Waals surface area contributed by atoms with Crippen LogP contribution in [-0.2, 0) is 6.42 Å². The first-order chi connectivity index (χ1) is 8.86. The van der Waals surface area contributed by atoms with E-state index in [0.29, 0.717) is 0 Å². The Labute approximate surface area is 111 Å². The minimum atomic E-state index is 0.808. The molecule has 1 unspecified atom stereocenters. The molecule has 1 N–H and O–H groups in total. The van der Waals surface area contributed by atoms with Gasteiger partial charge < -0.3 is 10.2 Å². The fourth-order valence-electron chi connectivity index (χ4n) is 2.78. The molecule has 0 aromatic heterocycles. The van der Waals surface area contributed by atoms with E-state index >= 15 is 0 Å². The maximum Gasteiger partial charge on any atom is 0.0104 e. The fourth-order valence-corrected chi connectivity index (χ4v) is 2.78. The second-order valence-corrected chi connectivity index (χ2v) is 5.40. The van der Waals surface area contributed by atoms with Crippen LogP contribution in [0.1, 0.15) is 31.2 Å². The van der Waals surface area contributed by atoms with Gasteiger partial charge in [-0.15, -0.1) is 0 Å². The fraction of sp³-hybridized carbons (Fsp3) is 0.625. The molecule has 2 nitrogen and oxygen atoms in total. The van der Waals surface area contributed by atoms with Crippen molar-refractivity contribution in [2.45, 2.75) is 38.1 Å². The van der Waals surface area contributed by atoms with E-state index < -0.39 is 0 Å². The van der Waals surface area contributed by atoms with Gasteiger partial charge in [0.25, 0.3) is 0 Å². The van der Waals surface area contributed by atoms with E-state index in [-0.39, 0.29) is 0 Å². The van der Waals surface area contributed by atoms with Crippen LogP contribution in [0.4, 0.5) is 0 Å². The lowest BCUT2D eigenvalue weighted by molar-refractivity contribution is 0.175. The Morgan fingerprint density at radius 1 is 1.17 bits per heavy atom. The standard InChI is InChI=1S/C16H26N2/c1-18-14-6-5-9-16(18)11-13-17-12-10-15-7-3-2-4-8-15/h2-4,7-8,16-17H,5-6,9-14H2,1H3. The van der Waals surface area contributed by atoms with Crippen LogP contribution in [0.15, 0.2) is 30.3 Å². The van der Waals surface area contributed by atoms with Crippen molar-refractivity contribution >= 4 is 0 Å². The van der Waals surface area contributed by atoms with Gasteiger partial charge in [0.15, 0.2) is 0 Å². The maximum atomic E-state index is 3.58. The van der Waals surface area contributed by atoms with Gasteiger partial charge in [0.2, 0.25) is 0 Å². The van der Waals surface area contributed by atoms with Crippen molar-refractivity contribution in [2.75, 3.05) is 26.7 Å². The van der Waals surface area contributed by atoms with Crippen molar-refractivity contribution in [3.8, 4) is 0 Å². The SMILES string of the molecule is CN1CCCCC1CCNCCc1ccccc1. The Morgan fingerprint density at radius 3 is 2.78 bits per heavy atom. The average molecular weight is 246 g/mol. The number of hydrogen-bond acceptors (Lipinski definition) is 2. The summed E-state index contributed by atoms with van der Waals surface area (Å²) in [5, 5.41) is 3.58. The largest absolute Gasteiger partial charge is 0.316 e. The van der Waals surface area contributed by atoms with Crippen molar-refractivity contribution in [1.29, 1.82) is 0 Å². The lowest BCUT2D eigenvalue weighted by Crippen LogP contribution is -2.38. The van der Waals surface area contributed by atoms with Crippen molar-refractivity contribution in [3.63, 3.8) is 0 Å². The van der Waals surface area contributed by atoms with E-state index in [4.69, 9.17) is 0 Å². The van der Waals surface area contributed by atoms with Crippen molar-refractivity contribution in [1.82, 2.24) is 10.2 Å². The number of nitrogens with one attached hydrogen (secondary N) is 1. The van der Waals surface area contributed by atoms with Crippen LogP contribution >= 0.6 is 0 Å². The lowest BCUT2D eigenvalue weighted by atomic mass is 10.0. The minimum absolute atomic E-state index is 0.808. The first-order valence-electron chi connectivity index (χ1n) is 7.31. The number of piperidine rings is 1. The molecule has 0 bridgehead atoms. The second kappa shape index (κ2) is 7.55. The molecule has 1 saturated heterocycles. The molecule has 0 saturated carbocycles. The highest BCUT2D eigenvalue weighted by Crippen LogP contribution is 2.16. The molecular weight excluding hydrogens is 220 g/mol. The zero-order valence-corrected chi connectivity index (χ0v) is 11.6. The van der Waals surface area contributed by atoms with Gasteiger partial charge in [-0.25, -0.2) is 0 Å². The number of likely N-dealkylation sites (tertiary alicyclic amines) is 1. The van der Waals surface area contributed by atoms with Crippen LogP contribution in [0.25, 0.3) is 0 Å². The van der Waals surface area contributed by atoms with Crippen LogP contribution in [0.5, 0.6) is 0 Å². The van der Waals surface area contributed by atoms with E-state index in [9.17, 15) is 0 Å². The van der Waals surface area contributed by atoms with Crippen LogP contribution in [0, 0.1) is 0 Å². The molecule has 1 aliphatic heterocycles.